The largest absolute Gasteiger partial charge is 0.444 e. The zero-order chi connectivity index (χ0) is 19.9. The fourth-order valence-electron chi connectivity index (χ4n) is 2.63. The van der Waals surface area contributed by atoms with Gasteiger partial charge in [0, 0.05) is 30.8 Å². The molecule has 1 heterocycles. The smallest absolute Gasteiger partial charge is 0.274 e. The number of nitrogens with one attached hydrogen (secondary N) is 2. The summed E-state index contributed by atoms with van der Waals surface area (Å²) in [4.78, 5) is 19.3. The molecule has 0 aliphatic rings. The van der Waals surface area contributed by atoms with E-state index in [0.29, 0.717) is 24.0 Å². The standard InChI is InChI=1S/C20H21N5O3/c1-14-7-9-15(10-8-14)19-24-17(13-28-19)12-23-20(21-2)22-11-16-5-3-4-6-18(16)25(26)27/h3-10,13H,11-12H2,1-2H3,(H2,21,22,23). The van der Waals surface area contributed by atoms with Crippen LogP contribution in [0.4, 0.5) is 5.69 Å². The van der Waals surface area contributed by atoms with E-state index in [2.05, 4.69) is 20.6 Å². The Morgan fingerprint density at radius 2 is 1.86 bits per heavy atom. The third-order valence-electron chi connectivity index (χ3n) is 4.15. The molecule has 8 heteroatoms. The van der Waals surface area contributed by atoms with Crippen molar-refractivity contribution in [1.82, 2.24) is 15.6 Å². The van der Waals surface area contributed by atoms with Crippen LogP contribution in [0.1, 0.15) is 16.8 Å². The molecule has 0 aliphatic heterocycles. The maximum atomic E-state index is 11.1. The molecular weight excluding hydrogens is 358 g/mol. The summed E-state index contributed by atoms with van der Waals surface area (Å²) in [6.07, 6.45) is 1.59. The zero-order valence-corrected chi connectivity index (χ0v) is 15.7. The number of aryl methyl sites for hydroxylation is 1. The lowest BCUT2D eigenvalue weighted by molar-refractivity contribution is -0.385. The minimum Gasteiger partial charge on any atom is -0.444 e. The first-order valence-electron chi connectivity index (χ1n) is 8.75. The zero-order valence-electron chi connectivity index (χ0n) is 15.7. The highest BCUT2D eigenvalue weighted by molar-refractivity contribution is 5.79. The van der Waals surface area contributed by atoms with Crippen molar-refractivity contribution < 1.29 is 9.34 Å². The molecule has 3 rings (SSSR count). The molecule has 2 aromatic carbocycles. The molecule has 144 valence electrons. The quantitative estimate of drug-likeness (QED) is 0.294. The first-order chi connectivity index (χ1) is 13.6. The van der Waals surface area contributed by atoms with Crippen LogP contribution in [0.25, 0.3) is 11.5 Å². The van der Waals surface area contributed by atoms with Crippen molar-refractivity contribution in [2.24, 2.45) is 4.99 Å². The summed E-state index contributed by atoms with van der Waals surface area (Å²) in [5.74, 6) is 1.07. The molecule has 1 aromatic heterocycles. The molecule has 0 radical (unpaired) electrons. The van der Waals surface area contributed by atoms with E-state index < -0.39 is 4.92 Å². The Labute approximate surface area is 162 Å². The van der Waals surface area contributed by atoms with Crippen molar-refractivity contribution in [3.8, 4) is 11.5 Å². The Bertz CT molecular complexity index is 980. The highest BCUT2D eigenvalue weighted by Crippen LogP contribution is 2.19. The van der Waals surface area contributed by atoms with Gasteiger partial charge in [-0.3, -0.25) is 15.1 Å². The van der Waals surface area contributed by atoms with Crippen LogP contribution in [0.3, 0.4) is 0 Å². The number of aliphatic imine (C=N–C) groups is 1. The lowest BCUT2D eigenvalue weighted by atomic mass is 10.1. The van der Waals surface area contributed by atoms with Crippen LogP contribution in [0.15, 0.2) is 64.2 Å². The number of para-hydroxylation sites is 1. The second-order valence-corrected chi connectivity index (χ2v) is 6.18. The van der Waals surface area contributed by atoms with Crippen molar-refractivity contribution in [2.75, 3.05) is 7.05 Å². The fraction of sp³-hybridized carbons (Fsp3) is 0.200. The van der Waals surface area contributed by atoms with Crippen molar-refractivity contribution in [2.45, 2.75) is 20.0 Å². The van der Waals surface area contributed by atoms with Gasteiger partial charge in [0.15, 0.2) is 5.96 Å². The Morgan fingerprint density at radius 3 is 2.57 bits per heavy atom. The molecule has 0 saturated heterocycles. The predicted octanol–water partition coefficient (Wildman–Crippen LogP) is 3.42. The molecule has 0 atom stereocenters. The average molecular weight is 379 g/mol. The monoisotopic (exact) mass is 379 g/mol. The number of nitro benzene ring substituents is 1. The van der Waals surface area contributed by atoms with Gasteiger partial charge < -0.3 is 15.1 Å². The number of oxazole rings is 1. The van der Waals surface area contributed by atoms with Crippen LogP contribution in [0, 0.1) is 17.0 Å². The number of nitrogens with zero attached hydrogens (tertiary/aromatic N) is 3. The predicted molar refractivity (Wildman–Crippen MR) is 107 cm³/mol. The number of hydrogen-bond acceptors (Lipinski definition) is 5. The van der Waals surface area contributed by atoms with Crippen LogP contribution < -0.4 is 10.6 Å². The lowest BCUT2D eigenvalue weighted by Crippen LogP contribution is -2.36. The van der Waals surface area contributed by atoms with Gasteiger partial charge in [0.1, 0.15) is 6.26 Å². The summed E-state index contributed by atoms with van der Waals surface area (Å²) in [6.45, 7) is 2.72. The van der Waals surface area contributed by atoms with E-state index in [1.165, 1.54) is 11.6 Å². The van der Waals surface area contributed by atoms with E-state index in [0.717, 1.165) is 11.3 Å². The Morgan fingerprint density at radius 1 is 1.14 bits per heavy atom. The van der Waals surface area contributed by atoms with Gasteiger partial charge >= 0.3 is 0 Å². The molecule has 0 fully saturated rings. The number of guanidine groups is 1. The minimum atomic E-state index is -0.394. The second kappa shape index (κ2) is 8.81. The highest BCUT2D eigenvalue weighted by atomic mass is 16.6. The molecule has 0 saturated carbocycles. The molecule has 0 bridgehead atoms. The Hall–Kier alpha value is -3.68. The number of rotatable bonds is 6. The summed E-state index contributed by atoms with van der Waals surface area (Å²) >= 11 is 0. The van der Waals surface area contributed by atoms with Gasteiger partial charge in [0.05, 0.1) is 17.2 Å². The molecule has 3 aromatic rings. The normalized spacial score (nSPS) is 11.3. The van der Waals surface area contributed by atoms with Gasteiger partial charge in [-0.2, -0.15) is 0 Å². The van der Waals surface area contributed by atoms with Crippen LogP contribution in [0.5, 0.6) is 0 Å². The van der Waals surface area contributed by atoms with Crippen LogP contribution in [-0.4, -0.2) is 22.9 Å². The summed E-state index contributed by atoms with van der Waals surface area (Å²) in [5.41, 5.74) is 3.47. The molecule has 2 N–H and O–H groups in total. The topological polar surface area (TPSA) is 106 Å². The van der Waals surface area contributed by atoms with Gasteiger partial charge in [-0.05, 0) is 19.1 Å². The molecule has 0 aliphatic carbocycles. The van der Waals surface area contributed by atoms with E-state index in [-0.39, 0.29) is 12.2 Å². The number of nitro groups is 1. The maximum Gasteiger partial charge on any atom is 0.274 e. The fourth-order valence-corrected chi connectivity index (χ4v) is 2.63. The van der Waals surface area contributed by atoms with Gasteiger partial charge in [-0.25, -0.2) is 4.98 Å². The van der Waals surface area contributed by atoms with E-state index in [1.54, 1.807) is 31.5 Å². The van der Waals surface area contributed by atoms with Crippen LogP contribution in [-0.2, 0) is 13.1 Å². The maximum absolute atomic E-state index is 11.1. The number of benzene rings is 2. The third-order valence-corrected chi connectivity index (χ3v) is 4.15. The van der Waals surface area contributed by atoms with Gasteiger partial charge in [-0.15, -0.1) is 0 Å². The molecule has 8 nitrogen and oxygen atoms in total. The Balaban J connectivity index is 1.58. The Kier molecular flexibility index (Phi) is 6.01. The van der Waals surface area contributed by atoms with Gasteiger partial charge in [0.2, 0.25) is 5.89 Å². The average Bonchev–Trinajstić information content (AvgIpc) is 3.18. The van der Waals surface area contributed by atoms with Crippen molar-refractivity contribution >= 4 is 11.6 Å². The highest BCUT2D eigenvalue weighted by Gasteiger charge is 2.12. The summed E-state index contributed by atoms with van der Waals surface area (Å²) < 4.78 is 5.54. The first-order valence-corrected chi connectivity index (χ1v) is 8.75. The molecule has 0 spiro atoms. The third kappa shape index (κ3) is 4.73. The van der Waals surface area contributed by atoms with E-state index in [1.807, 2.05) is 31.2 Å². The van der Waals surface area contributed by atoms with Gasteiger partial charge in [-0.1, -0.05) is 35.9 Å². The second-order valence-electron chi connectivity index (χ2n) is 6.18. The van der Waals surface area contributed by atoms with E-state index in [4.69, 9.17) is 4.42 Å². The SMILES string of the molecule is CN=C(NCc1coc(-c2ccc(C)cc2)n1)NCc1ccccc1[N+](=O)[O-]. The summed E-state index contributed by atoms with van der Waals surface area (Å²) in [5, 5.41) is 17.3. The first kappa shape index (κ1) is 19.1. The number of hydrogen-bond donors (Lipinski definition) is 2. The molecule has 28 heavy (non-hydrogen) atoms. The van der Waals surface area contributed by atoms with Crippen molar-refractivity contribution in [1.29, 1.82) is 0 Å². The minimum absolute atomic E-state index is 0.0738. The van der Waals surface area contributed by atoms with Crippen LogP contribution in [0.2, 0.25) is 0 Å². The lowest BCUT2D eigenvalue weighted by Gasteiger charge is -2.11. The number of aromatic nitrogens is 1. The molecular formula is C20H21N5O3. The molecule has 0 amide bonds. The van der Waals surface area contributed by atoms with Crippen molar-refractivity contribution in [3.05, 3.63) is 81.7 Å². The van der Waals surface area contributed by atoms with E-state index in [9.17, 15) is 10.1 Å². The van der Waals surface area contributed by atoms with E-state index >= 15 is 0 Å². The van der Waals surface area contributed by atoms with Crippen molar-refractivity contribution in [3.63, 3.8) is 0 Å². The summed E-state index contributed by atoms with van der Waals surface area (Å²) in [6, 6.07) is 14.5. The molecule has 0 unspecified atom stereocenters. The van der Waals surface area contributed by atoms with Gasteiger partial charge in [0.25, 0.3) is 5.69 Å². The summed E-state index contributed by atoms with van der Waals surface area (Å²) in [7, 11) is 1.63. The van der Waals surface area contributed by atoms with Crippen LogP contribution >= 0.6 is 0 Å².